The predicted octanol–water partition coefficient (Wildman–Crippen LogP) is 5.58. The summed E-state index contributed by atoms with van der Waals surface area (Å²) in [4.78, 5) is 8.50. The lowest BCUT2D eigenvalue weighted by molar-refractivity contribution is -0.0989. The van der Waals surface area contributed by atoms with E-state index < -0.39 is 12.0 Å². The van der Waals surface area contributed by atoms with Crippen LogP contribution in [0.1, 0.15) is 74.2 Å². The van der Waals surface area contributed by atoms with Gasteiger partial charge in [-0.1, -0.05) is 32.1 Å². The number of hydrogen-bond acceptors (Lipinski definition) is 8. The minimum Gasteiger partial charge on any atom is -0.383 e. The fourth-order valence-electron chi connectivity index (χ4n) is 5.78. The minimum absolute atomic E-state index is 0.0410. The summed E-state index contributed by atoms with van der Waals surface area (Å²) in [6, 6.07) is 10.6. The van der Waals surface area contributed by atoms with E-state index in [1.54, 1.807) is 19.1 Å². The molecule has 1 unspecified atom stereocenters. The van der Waals surface area contributed by atoms with E-state index in [0.717, 1.165) is 30.7 Å². The summed E-state index contributed by atoms with van der Waals surface area (Å²) < 4.78 is 15.9. The van der Waals surface area contributed by atoms with Crippen molar-refractivity contribution in [3.8, 4) is 12.1 Å². The number of anilines is 2. The van der Waals surface area contributed by atoms with Crippen molar-refractivity contribution in [1.29, 1.82) is 10.5 Å². The molecule has 0 saturated heterocycles. The molecule has 3 aromatic heterocycles. The molecule has 3 aliphatic rings. The van der Waals surface area contributed by atoms with Crippen molar-refractivity contribution in [2.24, 2.45) is 11.3 Å². The molecule has 1 aromatic carbocycles. The summed E-state index contributed by atoms with van der Waals surface area (Å²) in [5, 5.41) is 36.5. The number of nitrogens with zero attached hydrogens (tertiary/aromatic N) is 7. The maximum atomic E-state index is 14.0. The molecule has 4 aromatic rings. The lowest BCUT2D eigenvalue weighted by atomic mass is 9.50. The van der Waals surface area contributed by atoms with E-state index in [1.807, 2.05) is 16.9 Å². The summed E-state index contributed by atoms with van der Waals surface area (Å²) in [5.74, 6) is 0.236. The Balaban J connectivity index is 1.45. The minimum atomic E-state index is -0.556. The van der Waals surface area contributed by atoms with Gasteiger partial charge in [-0.25, -0.2) is 9.67 Å². The molecular weight excluding hydrogens is 505 g/mol. The van der Waals surface area contributed by atoms with E-state index in [4.69, 9.17) is 0 Å². The number of pyridine rings is 2. The number of nitriles is 2. The van der Waals surface area contributed by atoms with Gasteiger partial charge in [0.25, 0.3) is 0 Å². The highest BCUT2D eigenvalue weighted by molar-refractivity contribution is 5.99. The van der Waals surface area contributed by atoms with Gasteiger partial charge in [-0.3, -0.25) is 4.98 Å². The second-order valence-electron chi connectivity index (χ2n) is 12.3. The van der Waals surface area contributed by atoms with Gasteiger partial charge in [0.2, 0.25) is 5.95 Å². The van der Waals surface area contributed by atoms with Gasteiger partial charge in [0.15, 0.2) is 0 Å². The lowest BCUT2D eigenvalue weighted by Gasteiger charge is -2.61. The van der Waals surface area contributed by atoms with Crippen LogP contribution in [0.25, 0.3) is 10.9 Å². The molecule has 0 amide bonds. The first-order valence-corrected chi connectivity index (χ1v) is 13.4. The van der Waals surface area contributed by atoms with Crippen LogP contribution in [0.3, 0.4) is 0 Å². The highest BCUT2D eigenvalue weighted by Crippen LogP contribution is 2.62. The standard InChI is InChI=1S/C30H30FN9/c1-17-22(5-6-25(31)36-17)28(24-15-40(39-38-24)30-9-18(10-30)11-30)37-21-7-19(12-32)26-23(8-21)27(20(13-33)14-34-26)35-16-29(2,3)4/h5-8,14-15,18,28,37H,9-11,16H2,1-4H3,(H,34,35). The average molecular weight is 536 g/mol. The fraction of sp³-hybridized carbons (Fsp3) is 0.400. The molecule has 2 bridgehead atoms. The van der Waals surface area contributed by atoms with Crippen molar-refractivity contribution in [2.45, 2.75) is 58.5 Å². The molecular formula is C30H30FN9. The van der Waals surface area contributed by atoms with E-state index in [1.165, 1.54) is 12.3 Å². The van der Waals surface area contributed by atoms with Crippen LogP contribution in [0, 0.1) is 46.9 Å². The predicted molar refractivity (Wildman–Crippen MR) is 149 cm³/mol. The monoisotopic (exact) mass is 535 g/mol. The molecule has 3 saturated carbocycles. The van der Waals surface area contributed by atoms with E-state index >= 15 is 0 Å². The second-order valence-corrected chi connectivity index (χ2v) is 12.3. The first kappa shape index (κ1) is 25.7. The van der Waals surface area contributed by atoms with E-state index in [0.29, 0.717) is 51.3 Å². The molecule has 1 atom stereocenters. The molecule has 10 heteroatoms. The third kappa shape index (κ3) is 4.40. The van der Waals surface area contributed by atoms with Crippen LogP contribution in [0.4, 0.5) is 15.8 Å². The van der Waals surface area contributed by atoms with Crippen molar-refractivity contribution < 1.29 is 4.39 Å². The molecule has 40 heavy (non-hydrogen) atoms. The van der Waals surface area contributed by atoms with Gasteiger partial charge in [-0.05, 0) is 55.7 Å². The zero-order valence-corrected chi connectivity index (χ0v) is 23.0. The number of aryl methyl sites for hydroxylation is 1. The van der Waals surface area contributed by atoms with Crippen LogP contribution in [-0.2, 0) is 5.54 Å². The van der Waals surface area contributed by atoms with Crippen molar-refractivity contribution in [1.82, 2.24) is 25.0 Å². The quantitative estimate of drug-likeness (QED) is 0.294. The second kappa shape index (κ2) is 9.27. The first-order chi connectivity index (χ1) is 19.1. The average Bonchev–Trinajstić information content (AvgIpc) is 3.32. The van der Waals surface area contributed by atoms with Crippen LogP contribution in [0.5, 0.6) is 0 Å². The Bertz CT molecular complexity index is 1700. The van der Waals surface area contributed by atoms with Crippen molar-refractivity contribution in [3.05, 3.63) is 70.7 Å². The highest BCUT2D eigenvalue weighted by Gasteiger charge is 2.58. The number of aromatic nitrogens is 5. The largest absolute Gasteiger partial charge is 0.383 e. The molecule has 202 valence electrons. The fourth-order valence-corrected chi connectivity index (χ4v) is 5.78. The molecule has 0 aliphatic heterocycles. The van der Waals surface area contributed by atoms with Gasteiger partial charge in [-0.15, -0.1) is 5.10 Å². The third-order valence-corrected chi connectivity index (χ3v) is 8.02. The van der Waals surface area contributed by atoms with Gasteiger partial charge in [0.05, 0.1) is 40.1 Å². The van der Waals surface area contributed by atoms with E-state index in [9.17, 15) is 14.9 Å². The molecule has 3 fully saturated rings. The number of fused-ring (bicyclic) bond motifs is 1. The SMILES string of the molecule is Cc1nc(F)ccc1C(Nc1cc(C#N)c2ncc(C#N)c(NCC(C)(C)C)c2c1)c1cn(C23CC(C2)C3)nn1. The molecule has 7 rings (SSSR count). The number of nitrogens with one attached hydrogen (secondary N) is 2. The van der Waals surface area contributed by atoms with Crippen LogP contribution < -0.4 is 10.6 Å². The zero-order valence-electron chi connectivity index (χ0n) is 23.0. The number of benzene rings is 1. The summed E-state index contributed by atoms with van der Waals surface area (Å²) >= 11 is 0. The Kier molecular flexibility index (Phi) is 5.95. The van der Waals surface area contributed by atoms with Gasteiger partial charge < -0.3 is 10.6 Å². The van der Waals surface area contributed by atoms with Crippen molar-refractivity contribution in [3.63, 3.8) is 0 Å². The Morgan fingerprint density at radius 1 is 1.15 bits per heavy atom. The number of rotatable bonds is 7. The summed E-state index contributed by atoms with van der Waals surface area (Å²) in [6.07, 6.45) is 6.84. The first-order valence-electron chi connectivity index (χ1n) is 13.4. The third-order valence-electron chi connectivity index (χ3n) is 8.02. The maximum absolute atomic E-state index is 14.0. The van der Waals surface area contributed by atoms with E-state index in [-0.39, 0.29) is 11.0 Å². The molecule has 2 N–H and O–H groups in total. The van der Waals surface area contributed by atoms with Crippen molar-refractivity contribution in [2.75, 3.05) is 17.2 Å². The van der Waals surface area contributed by atoms with E-state index in [2.05, 4.69) is 63.8 Å². The summed E-state index contributed by atoms with van der Waals surface area (Å²) in [6.45, 7) is 8.69. The molecule has 0 spiro atoms. The Hall–Kier alpha value is -4.57. The highest BCUT2D eigenvalue weighted by atomic mass is 19.1. The smallest absolute Gasteiger partial charge is 0.213 e. The number of halogens is 1. The van der Waals surface area contributed by atoms with Crippen LogP contribution in [0.15, 0.2) is 36.7 Å². The summed E-state index contributed by atoms with van der Waals surface area (Å²) in [7, 11) is 0. The molecule has 9 nitrogen and oxygen atoms in total. The van der Waals surface area contributed by atoms with Crippen molar-refractivity contribution >= 4 is 22.3 Å². The van der Waals surface area contributed by atoms with Gasteiger partial charge >= 0.3 is 0 Å². The molecule has 3 heterocycles. The topological polar surface area (TPSA) is 128 Å². The van der Waals surface area contributed by atoms with Crippen LogP contribution in [0.2, 0.25) is 0 Å². The van der Waals surface area contributed by atoms with Gasteiger partial charge in [0, 0.05) is 35.1 Å². The Morgan fingerprint density at radius 3 is 2.52 bits per heavy atom. The molecule has 0 radical (unpaired) electrons. The normalized spacial score (nSPS) is 20.1. The maximum Gasteiger partial charge on any atom is 0.213 e. The number of hydrogen-bond donors (Lipinski definition) is 2. The van der Waals surface area contributed by atoms with Crippen LogP contribution in [-0.4, -0.2) is 31.5 Å². The Morgan fingerprint density at radius 2 is 1.90 bits per heavy atom. The van der Waals surface area contributed by atoms with Crippen LogP contribution >= 0.6 is 0 Å². The zero-order chi connectivity index (χ0) is 28.2. The summed E-state index contributed by atoms with van der Waals surface area (Å²) in [5.41, 5.74) is 4.52. The lowest BCUT2D eigenvalue weighted by Crippen LogP contribution is -2.59. The van der Waals surface area contributed by atoms with Gasteiger partial charge in [-0.2, -0.15) is 14.9 Å². The molecule has 3 aliphatic carbocycles. The Labute approximate surface area is 232 Å². The van der Waals surface area contributed by atoms with Gasteiger partial charge in [0.1, 0.15) is 17.8 Å².